The molecular weight excluding hydrogens is 301 g/mol. The lowest BCUT2D eigenvalue weighted by Crippen LogP contribution is -2.53. The number of hydrogen-bond acceptors (Lipinski definition) is 4. The largest absolute Gasteiger partial charge is 0.349 e. The predicted octanol–water partition coefficient (Wildman–Crippen LogP) is 2.37. The molecule has 0 aliphatic heterocycles. The molecule has 2 unspecified atom stereocenters. The fourth-order valence-electron chi connectivity index (χ4n) is 4.10. The van der Waals surface area contributed by atoms with Crippen molar-refractivity contribution in [2.24, 2.45) is 17.6 Å². The van der Waals surface area contributed by atoms with Gasteiger partial charge in [-0.1, -0.05) is 6.42 Å². The molecule has 6 nitrogen and oxygen atoms in total. The molecule has 0 saturated heterocycles. The molecule has 124 valence electrons. The molecule has 0 spiro atoms. The van der Waals surface area contributed by atoms with Crippen LogP contribution in [0.4, 0.5) is 10.1 Å². The van der Waals surface area contributed by atoms with Crippen molar-refractivity contribution in [3.8, 4) is 0 Å². The molecule has 2 aliphatic carbocycles. The van der Waals surface area contributed by atoms with Crippen molar-refractivity contribution in [1.82, 2.24) is 5.32 Å². The molecule has 1 aromatic rings. The Morgan fingerprint density at radius 2 is 1.96 bits per heavy atom. The van der Waals surface area contributed by atoms with Crippen molar-refractivity contribution in [3.63, 3.8) is 0 Å². The molecule has 2 bridgehead atoms. The molecule has 2 saturated carbocycles. The monoisotopic (exact) mass is 321 g/mol. The number of fused-ring (bicyclic) bond motifs is 2. The van der Waals surface area contributed by atoms with Gasteiger partial charge in [-0.2, -0.15) is 0 Å². The molecule has 3 rings (SSSR count). The number of nitrogens with one attached hydrogen (secondary N) is 1. The Labute approximate surface area is 133 Å². The van der Waals surface area contributed by atoms with E-state index in [9.17, 15) is 19.3 Å². The van der Waals surface area contributed by atoms with Crippen molar-refractivity contribution < 1.29 is 14.1 Å². The summed E-state index contributed by atoms with van der Waals surface area (Å²) in [7, 11) is 0. The van der Waals surface area contributed by atoms with Crippen LogP contribution in [-0.4, -0.2) is 22.9 Å². The van der Waals surface area contributed by atoms with E-state index in [1.807, 2.05) is 0 Å². The van der Waals surface area contributed by atoms with Crippen LogP contribution in [0.1, 0.15) is 42.5 Å². The van der Waals surface area contributed by atoms with Crippen LogP contribution < -0.4 is 11.1 Å². The van der Waals surface area contributed by atoms with E-state index >= 15 is 0 Å². The van der Waals surface area contributed by atoms with Crippen molar-refractivity contribution in [2.75, 3.05) is 0 Å². The average Bonchev–Trinajstić information content (AvgIpc) is 2.47. The van der Waals surface area contributed by atoms with Gasteiger partial charge in [-0.05, 0) is 49.7 Å². The van der Waals surface area contributed by atoms with E-state index in [0.29, 0.717) is 11.8 Å². The number of carbonyl (C=O) groups excluding carboxylic acids is 1. The van der Waals surface area contributed by atoms with Gasteiger partial charge in [-0.15, -0.1) is 0 Å². The smallest absolute Gasteiger partial charge is 0.282 e. The normalized spacial score (nSPS) is 29.8. The standard InChI is InChI=1S/C16H20FN3O3/c17-11-4-5-14(20(22)23)13(8-11)16(21)19-15-9-2-1-3-10(15)7-12(18)6-9/h4-5,8-10,12,15H,1-3,6-7,18H2,(H,19,21). The molecule has 3 N–H and O–H groups in total. The quantitative estimate of drug-likeness (QED) is 0.659. The Morgan fingerprint density at radius 3 is 2.57 bits per heavy atom. The number of nitro groups is 1. The number of nitro benzene ring substituents is 1. The Morgan fingerprint density at radius 1 is 1.30 bits per heavy atom. The van der Waals surface area contributed by atoms with Gasteiger partial charge in [0.15, 0.2) is 0 Å². The third-order valence-electron chi connectivity index (χ3n) is 5.07. The lowest BCUT2D eigenvalue weighted by molar-refractivity contribution is -0.385. The number of nitrogens with zero attached hydrogens (tertiary/aromatic N) is 1. The first-order valence-electron chi connectivity index (χ1n) is 7.96. The molecule has 0 radical (unpaired) electrons. The van der Waals surface area contributed by atoms with Crippen LogP contribution >= 0.6 is 0 Å². The van der Waals surface area contributed by atoms with E-state index in [1.165, 1.54) is 0 Å². The number of carbonyl (C=O) groups is 1. The minimum Gasteiger partial charge on any atom is -0.349 e. The summed E-state index contributed by atoms with van der Waals surface area (Å²) in [6.45, 7) is 0. The second-order valence-corrected chi connectivity index (χ2v) is 6.60. The van der Waals surface area contributed by atoms with Crippen molar-refractivity contribution in [1.29, 1.82) is 0 Å². The van der Waals surface area contributed by atoms with Crippen LogP contribution in [0.3, 0.4) is 0 Å². The van der Waals surface area contributed by atoms with E-state index < -0.39 is 16.6 Å². The van der Waals surface area contributed by atoms with Gasteiger partial charge in [0, 0.05) is 18.2 Å². The molecule has 2 atom stereocenters. The minimum atomic E-state index is -0.661. The van der Waals surface area contributed by atoms with E-state index in [4.69, 9.17) is 5.73 Å². The molecule has 1 aromatic carbocycles. The van der Waals surface area contributed by atoms with E-state index in [0.717, 1.165) is 50.3 Å². The average molecular weight is 321 g/mol. The number of hydrogen-bond donors (Lipinski definition) is 2. The zero-order valence-corrected chi connectivity index (χ0v) is 12.7. The van der Waals surface area contributed by atoms with Crippen LogP contribution in [0.5, 0.6) is 0 Å². The zero-order valence-electron chi connectivity index (χ0n) is 12.7. The highest BCUT2D eigenvalue weighted by Gasteiger charge is 2.40. The van der Waals surface area contributed by atoms with E-state index in [1.54, 1.807) is 0 Å². The van der Waals surface area contributed by atoms with Gasteiger partial charge in [0.25, 0.3) is 11.6 Å². The summed E-state index contributed by atoms with van der Waals surface area (Å²) in [6.07, 6.45) is 4.83. The van der Waals surface area contributed by atoms with Gasteiger partial charge >= 0.3 is 0 Å². The lowest BCUT2D eigenvalue weighted by atomic mass is 9.67. The fourth-order valence-corrected chi connectivity index (χ4v) is 4.10. The Hall–Kier alpha value is -2.02. The van der Waals surface area contributed by atoms with Crippen molar-refractivity contribution in [3.05, 3.63) is 39.7 Å². The summed E-state index contributed by atoms with van der Waals surface area (Å²) in [4.78, 5) is 22.9. The number of benzene rings is 1. The summed E-state index contributed by atoms with van der Waals surface area (Å²) in [5, 5.41) is 14.0. The third kappa shape index (κ3) is 3.19. The van der Waals surface area contributed by atoms with Crippen LogP contribution in [0.15, 0.2) is 18.2 Å². The van der Waals surface area contributed by atoms with Crippen LogP contribution in [0.2, 0.25) is 0 Å². The maximum absolute atomic E-state index is 13.4. The first kappa shape index (κ1) is 15.9. The molecule has 7 heteroatoms. The van der Waals surface area contributed by atoms with Crippen molar-refractivity contribution >= 4 is 11.6 Å². The molecule has 2 fully saturated rings. The van der Waals surface area contributed by atoms with Gasteiger partial charge in [0.2, 0.25) is 0 Å². The fraction of sp³-hybridized carbons (Fsp3) is 0.562. The molecular formula is C16H20FN3O3. The first-order valence-corrected chi connectivity index (χ1v) is 7.96. The topological polar surface area (TPSA) is 98.3 Å². The summed E-state index contributed by atoms with van der Waals surface area (Å²) in [5.74, 6) is -0.636. The molecule has 2 aliphatic rings. The second kappa shape index (κ2) is 6.23. The maximum Gasteiger partial charge on any atom is 0.282 e. The molecule has 0 aromatic heterocycles. The van der Waals surface area contributed by atoms with Crippen molar-refractivity contribution in [2.45, 2.75) is 44.2 Å². The van der Waals surface area contributed by atoms with Gasteiger partial charge in [0.05, 0.1) is 4.92 Å². The predicted molar refractivity (Wildman–Crippen MR) is 82.3 cm³/mol. The summed E-state index contributed by atoms with van der Waals surface area (Å²) < 4.78 is 13.4. The summed E-state index contributed by atoms with van der Waals surface area (Å²) in [5.41, 5.74) is 5.47. The highest BCUT2D eigenvalue weighted by molar-refractivity contribution is 5.98. The van der Waals surface area contributed by atoms with Gasteiger partial charge in [0.1, 0.15) is 11.4 Å². The van der Waals surface area contributed by atoms with Crippen LogP contribution in [-0.2, 0) is 0 Å². The minimum absolute atomic E-state index is 0.0288. The Bertz CT molecular complexity index is 623. The number of amides is 1. The van der Waals surface area contributed by atoms with Gasteiger partial charge in [-0.25, -0.2) is 4.39 Å². The first-order chi connectivity index (χ1) is 11.0. The van der Waals surface area contributed by atoms with E-state index in [-0.39, 0.29) is 23.3 Å². The SMILES string of the molecule is NC1CC2CCCC(C1)C2NC(=O)c1cc(F)ccc1[N+](=O)[O-]. The number of rotatable bonds is 3. The number of halogens is 1. The van der Waals surface area contributed by atoms with Gasteiger partial charge in [-0.3, -0.25) is 14.9 Å². The van der Waals surface area contributed by atoms with Crippen LogP contribution in [0.25, 0.3) is 0 Å². The Balaban J connectivity index is 1.82. The second-order valence-electron chi connectivity index (χ2n) is 6.60. The molecule has 23 heavy (non-hydrogen) atoms. The molecule has 0 heterocycles. The summed E-state index contributed by atoms with van der Waals surface area (Å²) in [6, 6.07) is 3.07. The highest BCUT2D eigenvalue weighted by atomic mass is 19.1. The van der Waals surface area contributed by atoms with Gasteiger partial charge < -0.3 is 11.1 Å². The summed E-state index contributed by atoms with van der Waals surface area (Å²) >= 11 is 0. The van der Waals surface area contributed by atoms with Crippen LogP contribution in [0, 0.1) is 27.8 Å². The maximum atomic E-state index is 13.4. The zero-order chi connectivity index (χ0) is 16.6. The Kier molecular flexibility index (Phi) is 4.30. The lowest BCUT2D eigenvalue weighted by Gasteiger charge is -2.45. The third-order valence-corrected chi connectivity index (χ3v) is 5.07. The number of nitrogens with two attached hydrogens (primary N) is 1. The highest BCUT2D eigenvalue weighted by Crippen LogP contribution is 2.39. The van der Waals surface area contributed by atoms with E-state index in [2.05, 4.69) is 5.32 Å². The molecule has 1 amide bonds.